The first kappa shape index (κ1) is 13.7. The second-order valence-electron chi connectivity index (χ2n) is 5.87. The Morgan fingerprint density at radius 3 is 2.76 bits per heavy atom. The fourth-order valence-electron chi connectivity index (χ4n) is 3.39. The summed E-state index contributed by atoms with van der Waals surface area (Å²) in [6, 6.07) is 0.764. The van der Waals surface area contributed by atoms with Crippen LogP contribution in [-0.2, 0) is 0 Å². The largest absolute Gasteiger partial charge is 0.310 e. The van der Waals surface area contributed by atoms with Crippen LogP contribution in [0.5, 0.6) is 0 Å². The summed E-state index contributed by atoms with van der Waals surface area (Å²) in [7, 11) is 0. The lowest BCUT2D eigenvalue weighted by Gasteiger charge is -2.36. The van der Waals surface area contributed by atoms with Crippen molar-refractivity contribution in [3.05, 3.63) is 0 Å². The van der Waals surface area contributed by atoms with Gasteiger partial charge in [-0.15, -0.1) is 0 Å². The van der Waals surface area contributed by atoms with Crippen LogP contribution in [0.15, 0.2) is 0 Å². The second-order valence-corrected chi connectivity index (χ2v) is 6.85. The molecule has 17 heavy (non-hydrogen) atoms. The fourth-order valence-corrected chi connectivity index (χ4v) is 3.97. The summed E-state index contributed by atoms with van der Waals surface area (Å²) in [5.41, 5.74) is 0.476. The van der Waals surface area contributed by atoms with Crippen LogP contribution in [-0.4, -0.2) is 48.1 Å². The molecule has 0 aromatic carbocycles. The lowest BCUT2D eigenvalue weighted by molar-refractivity contribution is 0.162. The Bertz CT molecular complexity index is 226. The zero-order valence-corrected chi connectivity index (χ0v) is 12.3. The molecule has 100 valence electrons. The van der Waals surface area contributed by atoms with Gasteiger partial charge in [-0.1, -0.05) is 12.8 Å². The minimum absolute atomic E-state index is 0.476. The molecule has 2 rings (SSSR count). The Labute approximate surface area is 111 Å². The maximum atomic E-state index is 3.85. The average molecular weight is 256 g/mol. The van der Waals surface area contributed by atoms with E-state index in [1.54, 1.807) is 0 Å². The van der Waals surface area contributed by atoms with Gasteiger partial charge in [0, 0.05) is 18.1 Å². The predicted molar refractivity (Wildman–Crippen MR) is 77.9 cm³/mol. The topological polar surface area (TPSA) is 15.3 Å². The van der Waals surface area contributed by atoms with Gasteiger partial charge < -0.3 is 5.32 Å². The van der Waals surface area contributed by atoms with Gasteiger partial charge in [-0.3, -0.25) is 4.90 Å². The SMILES string of the molecule is CSCCC(C)N1CCCNC2(CCCC2)C1. The van der Waals surface area contributed by atoms with Crippen molar-refractivity contribution in [3.8, 4) is 0 Å². The predicted octanol–water partition coefficient (Wildman–Crippen LogP) is 2.74. The molecule has 0 bridgehead atoms. The molecular formula is C14H28N2S. The summed E-state index contributed by atoms with van der Waals surface area (Å²) in [5, 5.41) is 3.85. The summed E-state index contributed by atoms with van der Waals surface area (Å²) >= 11 is 1.98. The quantitative estimate of drug-likeness (QED) is 0.832. The van der Waals surface area contributed by atoms with Crippen molar-refractivity contribution in [3.63, 3.8) is 0 Å². The minimum Gasteiger partial charge on any atom is -0.310 e. The van der Waals surface area contributed by atoms with Crippen LogP contribution in [0.3, 0.4) is 0 Å². The molecule has 3 heteroatoms. The van der Waals surface area contributed by atoms with Crippen molar-refractivity contribution >= 4 is 11.8 Å². The first-order valence-corrected chi connectivity index (χ1v) is 8.63. The average Bonchev–Trinajstić information content (AvgIpc) is 2.67. The van der Waals surface area contributed by atoms with E-state index in [1.807, 2.05) is 11.8 Å². The van der Waals surface area contributed by atoms with Gasteiger partial charge in [-0.25, -0.2) is 0 Å². The molecule has 1 aliphatic carbocycles. The van der Waals surface area contributed by atoms with E-state index in [2.05, 4.69) is 23.4 Å². The molecule has 0 aromatic heterocycles. The van der Waals surface area contributed by atoms with E-state index >= 15 is 0 Å². The van der Waals surface area contributed by atoms with Crippen LogP contribution < -0.4 is 5.32 Å². The van der Waals surface area contributed by atoms with Crippen molar-refractivity contribution in [2.45, 2.75) is 57.0 Å². The molecule has 2 nitrogen and oxygen atoms in total. The second kappa shape index (κ2) is 6.44. The highest BCUT2D eigenvalue weighted by molar-refractivity contribution is 7.98. The molecule has 1 spiro atoms. The monoisotopic (exact) mass is 256 g/mol. The fraction of sp³-hybridized carbons (Fsp3) is 1.00. The third-order valence-electron chi connectivity index (χ3n) is 4.55. The van der Waals surface area contributed by atoms with Gasteiger partial charge in [0.2, 0.25) is 0 Å². The normalized spacial score (nSPS) is 27.2. The van der Waals surface area contributed by atoms with Crippen molar-refractivity contribution in [2.24, 2.45) is 0 Å². The Hall–Kier alpha value is 0.270. The van der Waals surface area contributed by atoms with Crippen LogP contribution in [0.2, 0.25) is 0 Å². The summed E-state index contributed by atoms with van der Waals surface area (Å²) in [6.45, 7) is 6.24. The van der Waals surface area contributed by atoms with Gasteiger partial charge in [0.05, 0.1) is 0 Å². The van der Waals surface area contributed by atoms with Crippen LogP contribution in [0.25, 0.3) is 0 Å². The van der Waals surface area contributed by atoms with E-state index in [9.17, 15) is 0 Å². The molecule has 1 saturated carbocycles. The zero-order valence-electron chi connectivity index (χ0n) is 11.5. The highest BCUT2D eigenvalue weighted by Crippen LogP contribution is 2.32. The molecule has 2 aliphatic rings. The van der Waals surface area contributed by atoms with Crippen LogP contribution in [0.4, 0.5) is 0 Å². The van der Waals surface area contributed by atoms with Gasteiger partial charge in [-0.2, -0.15) is 11.8 Å². The van der Waals surface area contributed by atoms with Crippen molar-refractivity contribution in [1.29, 1.82) is 0 Å². The molecule has 0 amide bonds. The lowest BCUT2D eigenvalue weighted by Crippen LogP contribution is -2.51. The van der Waals surface area contributed by atoms with Crippen molar-refractivity contribution in [1.82, 2.24) is 10.2 Å². The first-order chi connectivity index (χ1) is 8.26. The van der Waals surface area contributed by atoms with Crippen LogP contribution >= 0.6 is 11.8 Å². The third kappa shape index (κ3) is 3.62. The van der Waals surface area contributed by atoms with E-state index in [1.165, 1.54) is 63.9 Å². The Kier molecular flexibility index (Phi) is 5.19. The summed E-state index contributed by atoms with van der Waals surface area (Å²) < 4.78 is 0. The summed E-state index contributed by atoms with van der Waals surface area (Å²) in [6.07, 6.45) is 10.6. The van der Waals surface area contributed by atoms with Crippen LogP contribution in [0, 0.1) is 0 Å². The van der Waals surface area contributed by atoms with Gasteiger partial charge in [0.15, 0.2) is 0 Å². The van der Waals surface area contributed by atoms with Gasteiger partial charge in [0.1, 0.15) is 0 Å². The maximum absolute atomic E-state index is 3.85. The number of nitrogens with one attached hydrogen (secondary N) is 1. The Morgan fingerprint density at radius 1 is 1.29 bits per heavy atom. The summed E-state index contributed by atoms with van der Waals surface area (Å²) in [4.78, 5) is 2.75. The molecule has 1 aliphatic heterocycles. The zero-order chi connectivity index (χ0) is 12.1. The number of hydrogen-bond acceptors (Lipinski definition) is 3. The van der Waals surface area contributed by atoms with Crippen molar-refractivity contribution < 1.29 is 0 Å². The van der Waals surface area contributed by atoms with E-state index < -0.39 is 0 Å². The number of nitrogens with zero attached hydrogens (tertiary/aromatic N) is 1. The number of thioether (sulfide) groups is 1. The van der Waals surface area contributed by atoms with E-state index in [-0.39, 0.29) is 0 Å². The molecule has 1 unspecified atom stereocenters. The number of hydrogen-bond donors (Lipinski definition) is 1. The smallest absolute Gasteiger partial charge is 0.0308 e. The number of rotatable bonds is 4. The van der Waals surface area contributed by atoms with Gasteiger partial charge in [0.25, 0.3) is 0 Å². The molecule has 1 heterocycles. The first-order valence-electron chi connectivity index (χ1n) is 7.24. The van der Waals surface area contributed by atoms with E-state index in [0.717, 1.165) is 6.04 Å². The third-order valence-corrected chi connectivity index (χ3v) is 5.20. The summed E-state index contributed by atoms with van der Waals surface area (Å²) in [5.74, 6) is 1.30. The molecule has 2 fully saturated rings. The van der Waals surface area contributed by atoms with Gasteiger partial charge >= 0.3 is 0 Å². The van der Waals surface area contributed by atoms with E-state index in [4.69, 9.17) is 0 Å². The van der Waals surface area contributed by atoms with Gasteiger partial charge in [-0.05, 0) is 57.7 Å². The Morgan fingerprint density at radius 2 is 2.06 bits per heavy atom. The van der Waals surface area contributed by atoms with Crippen molar-refractivity contribution in [2.75, 3.05) is 31.6 Å². The Balaban J connectivity index is 1.92. The minimum atomic E-state index is 0.476. The molecule has 1 atom stereocenters. The molecule has 1 N–H and O–H groups in total. The molecule has 1 saturated heterocycles. The maximum Gasteiger partial charge on any atom is 0.0308 e. The standard InChI is InChI=1S/C14H28N2S/c1-13(6-11-17-2)16-10-5-9-15-14(12-16)7-3-4-8-14/h13,15H,3-12H2,1-2H3. The molecule has 0 aromatic rings. The molecule has 0 radical (unpaired) electrons. The lowest BCUT2D eigenvalue weighted by atomic mass is 9.96. The molecular weight excluding hydrogens is 228 g/mol. The highest BCUT2D eigenvalue weighted by atomic mass is 32.2. The van der Waals surface area contributed by atoms with E-state index in [0.29, 0.717) is 5.54 Å². The van der Waals surface area contributed by atoms with Crippen LogP contribution in [0.1, 0.15) is 45.4 Å². The highest BCUT2D eigenvalue weighted by Gasteiger charge is 2.37.